The van der Waals surface area contributed by atoms with Crippen LogP contribution in [0.25, 0.3) is 0 Å². The number of aryl methyl sites for hydroxylation is 1. The molecule has 0 spiro atoms. The van der Waals surface area contributed by atoms with Crippen molar-refractivity contribution >= 4 is 23.2 Å². The zero-order valence-electron chi connectivity index (χ0n) is 11.6. The maximum absolute atomic E-state index is 14.2. The Morgan fingerprint density at radius 1 is 1.24 bits per heavy atom. The monoisotopic (exact) mass is 303 g/mol. The summed E-state index contributed by atoms with van der Waals surface area (Å²) in [6.45, 7) is 2.38. The number of nitrogens with zero attached hydrogens (tertiary/aromatic N) is 2. The van der Waals surface area contributed by atoms with Gasteiger partial charge in [-0.05, 0) is 37.3 Å². The molecule has 0 bridgehead atoms. The zero-order valence-corrected chi connectivity index (χ0v) is 12.3. The number of hydrogen-bond acceptors (Lipinski definition) is 3. The van der Waals surface area contributed by atoms with Crippen LogP contribution in [0.5, 0.6) is 0 Å². The summed E-state index contributed by atoms with van der Waals surface area (Å²) in [4.78, 5) is 6.11. The molecule has 0 saturated carbocycles. The summed E-state index contributed by atoms with van der Waals surface area (Å²) in [6, 6.07) is 12.1. The van der Waals surface area contributed by atoms with Crippen LogP contribution in [0.1, 0.15) is 17.2 Å². The quantitative estimate of drug-likeness (QED) is 0.920. The third-order valence-corrected chi connectivity index (χ3v) is 3.85. The van der Waals surface area contributed by atoms with Gasteiger partial charge in [0.25, 0.3) is 0 Å². The van der Waals surface area contributed by atoms with E-state index in [4.69, 9.17) is 17.3 Å². The van der Waals surface area contributed by atoms with E-state index in [9.17, 15) is 4.39 Å². The molecule has 1 atom stereocenters. The standard InChI is InChI=1S/C16H15ClFN3/c1-10-2-7-14(18)13(8-10)15-9-20-16(19)21(15)12-5-3-11(17)4-6-12/h2-8,15H,9H2,1H3,(H2,19,20). The van der Waals surface area contributed by atoms with Crippen LogP contribution in [0.15, 0.2) is 47.5 Å². The molecule has 0 radical (unpaired) electrons. The maximum Gasteiger partial charge on any atom is 0.196 e. The molecule has 1 aliphatic heterocycles. The zero-order chi connectivity index (χ0) is 15.0. The summed E-state index contributed by atoms with van der Waals surface area (Å²) in [5.41, 5.74) is 8.45. The second kappa shape index (κ2) is 5.37. The Bertz CT molecular complexity index is 697. The van der Waals surface area contributed by atoms with Crippen LogP contribution in [0.4, 0.5) is 10.1 Å². The van der Waals surface area contributed by atoms with Crippen LogP contribution in [0, 0.1) is 12.7 Å². The summed E-state index contributed by atoms with van der Waals surface area (Å²) < 4.78 is 14.2. The lowest BCUT2D eigenvalue weighted by atomic mass is 10.0. The lowest BCUT2D eigenvalue weighted by Gasteiger charge is -2.27. The molecule has 0 saturated heterocycles. The van der Waals surface area contributed by atoms with E-state index < -0.39 is 0 Å². The smallest absolute Gasteiger partial charge is 0.196 e. The minimum absolute atomic E-state index is 0.230. The molecule has 2 N–H and O–H groups in total. The molecule has 1 aliphatic rings. The Morgan fingerprint density at radius 3 is 2.67 bits per heavy atom. The van der Waals surface area contributed by atoms with Gasteiger partial charge in [-0.2, -0.15) is 0 Å². The molecule has 3 rings (SSSR count). The SMILES string of the molecule is Cc1ccc(F)c(C2CN=C(N)N2c2ccc(Cl)cc2)c1. The average molecular weight is 304 g/mol. The number of halogens is 2. The summed E-state index contributed by atoms with van der Waals surface area (Å²) in [7, 11) is 0. The Labute approximate surface area is 127 Å². The van der Waals surface area contributed by atoms with E-state index in [1.165, 1.54) is 6.07 Å². The van der Waals surface area contributed by atoms with E-state index in [0.29, 0.717) is 23.1 Å². The van der Waals surface area contributed by atoms with Crippen LogP contribution >= 0.6 is 11.6 Å². The van der Waals surface area contributed by atoms with Crippen LogP contribution in [-0.4, -0.2) is 12.5 Å². The van der Waals surface area contributed by atoms with Gasteiger partial charge < -0.3 is 10.6 Å². The molecule has 0 aromatic heterocycles. The predicted molar refractivity (Wildman–Crippen MR) is 84.3 cm³/mol. The summed E-state index contributed by atoms with van der Waals surface area (Å²) in [6.07, 6.45) is 0. The highest BCUT2D eigenvalue weighted by Gasteiger charge is 2.30. The van der Waals surface area contributed by atoms with E-state index in [1.807, 2.05) is 30.0 Å². The number of hydrogen-bond donors (Lipinski definition) is 1. The fraction of sp³-hybridized carbons (Fsp3) is 0.188. The molecule has 108 valence electrons. The van der Waals surface area contributed by atoms with Crippen molar-refractivity contribution in [3.63, 3.8) is 0 Å². The van der Waals surface area contributed by atoms with Gasteiger partial charge in [0.2, 0.25) is 0 Å². The van der Waals surface area contributed by atoms with Crippen molar-refractivity contribution in [1.82, 2.24) is 0 Å². The summed E-state index contributed by atoms with van der Waals surface area (Å²) in [5.74, 6) is 0.151. The predicted octanol–water partition coefficient (Wildman–Crippen LogP) is 3.66. The molecule has 5 heteroatoms. The molecular weight excluding hydrogens is 289 g/mol. The Balaban J connectivity index is 2.02. The third-order valence-electron chi connectivity index (χ3n) is 3.60. The fourth-order valence-corrected chi connectivity index (χ4v) is 2.69. The average Bonchev–Trinajstić information content (AvgIpc) is 2.84. The van der Waals surface area contributed by atoms with Gasteiger partial charge in [0, 0.05) is 16.3 Å². The van der Waals surface area contributed by atoms with Crippen molar-refractivity contribution in [2.75, 3.05) is 11.4 Å². The molecule has 0 fully saturated rings. The minimum Gasteiger partial charge on any atom is -0.369 e. The first-order valence-electron chi connectivity index (χ1n) is 6.67. The second-order valence-corrected chi connectivity index (χ2v) is 5.52. The molecule has 0 aliphatic carbocycles. The third kappa shape index (κ3) is 2.59. The first kappa shape index (κ1) is 13.9. The van der Waals surface area contributed by atoms with Gasteiger partial charge in [0.1, 0.15) is 5.82 Å². The summed E-state index contributed by atoms with van der Waals surface area (Å²) in [5, 5.41) is 0.645. The van der Waals surface area contributed by atoms with Crippen molar-refractivity contribution in [2.24, 2.45) is 10.7 Å². The fourth-order valence-electron chi connectivity index (χ4n) is 2.57. The van der Waals surface area contributed by atoms with Crippen molar-refractivity contribution in [2.45, 2.75) is 13.0 Å². The second-order valence-electron chi connectivity index (χ2n) is 5.09. The highest BCUT2D eigenvalue weighted by molar-refractivity contribution is 6.30. The Morgan fingerprint density at radius 2 is 1.95 bits per heavy atom. The van der Waals surface area contributed by atoms with Crippen molar-refractivity contribution < 1.29 is 4.39 Å². The van der Waals surface area contributed by atoms with Gasteiger partial charge in [-0.25, -0.2) is 4.39 Å². The summed E-state index contributed by atoms with van der Waals surface area (Å²) >= 11 is 5.91. The molecule has 1 unspecified atom stereocenters. The lowest BCUT2D eigenvalue weighted by Crippen LogP contribution is -2.36. The van der Waals surface area contributed by atoms with E-state index in [2.05, 4.69) is 4.99 Å². The molecule has 1 heterocycles. The number of benzene rings is 2. The lowest BCUT2D eigenvalue weighted by molar-refractivity contribution is 0.589. The number of anilines is 1. The number of aliphatic imine (C=N–C) groups is 1. The Hall–Kier alpha value is -2.07. The van der Waals surface area contributed by atoms with Crippen molar-refractivity contribution in [1.29, 1.82) is 0 Å². The number of guanidine groups is 1. The normalized spacial score (nSPS) is 18.0. The topological polar surface area (TPSA) is 41.6 Å². The molecule has 21 heavy (non-hydrogen) atoms. The van der Waals surface area contributed by atoms with Crippen molar-refractivity contribution in [3.05, 3.63) is 64.4 Å². The first-order valence-corrected chi connectivity index (χ1v) is 7.05. The van der Waals surface area contributed by atoms with Gasteiger partial charge in [-0.15, -0.1) is 0 Å². The molecule has 2 aromatic rings. The maximum atomic E-state index is 14.2. The van der Waals surface area contributed by atoms with Gasteiger partial charge in [-0.1, -0.05) is 29.3 Å². The highest BCUT2D eigenvalue weighted by atomic mass is 35.5. The van der Waals surface area contributed by atoms with Gasteiger partial charge in [-0.3, -0.25) is 4.99 Å². The van der Waals surface area contributed by atoms with E-state index in [-0.39, 0.29) is 11.9 Å². The van der Waals surface area contributed by atoms with Gasteiger partial charge >= 0.3 is 0 Å². The van der Waals surface area contributed by atoms with E-state index in [0.717, 1.165) is 11.3 Å². The first-order chi connectivity index (χ1) is 10.1. The van der Waals surface area contributed by atoms with Crippen LogP contribution < -0.4 is 10.6 Å². The molecule has 0 amide bonds. The van der Waals surface area contributed by atoms with E-state index >= 15 is 0 Å². The minimum atomic E-state index is -0.241. The van der Waals surface area contributed by atoms with Crippen LogP contribution in [0.2, 0.25) is 5.02 Å². The molecule has 3 nitrogen and oxygen atoms in total. The van der Waals surface area contributed by atoms with Gasteiger partial charge in [0.05, 0.1) is 12.6 Å². The van der Waals surface area contributed by atoms with Crippen molar-refractivity contribution in [3.8, 4) is 0 Å². The largest absolute Gasteiger partial charge is 0.369 e. The highest BCUT2D eigenvalue weighted by Crippen LogP contribution is 2.33. The number of rotatable bonds is 2. The van der Waals surface area contributed by atoms with E-state index in [1.54, 1.807) is 18.2 Å². The van der Waals surface area contributed by atoms with Crippen LogP contribution in [0.3, 0.4) is 0 Å². The Kier molecular flexibility index (Phi) is 3.55. The van der Waals surface area contributed by atoms with Crippen LogP contribution in [-0.2, 0) is 0 Å². The van der Waals surface area contributed by atoms with Gasteiger partial charge in [0.15, 0.2) is 5.96 Å². The molecule has 2 aromatic carbocycles. The number of nitrogens with two attached hydrogens (primary N) is 1. The molecular formula is C16H15ClFN3.